The van der Waals surface area contributed by atoms with E-state index in [1.165, 1.54) is 6.20 Å². The Bertz CT molecular complexity index is 800. The van der Waals surface area contributed by atoms with Crippen molar-refractivity contribution in [2.45, 2.75) is 52.0 Å². The summed E-state index contributed by atoms with van der Waals surface area (Å²) in [5.74, 6) is 1.29. The summed E-state index contributed by atoms with van der Waals surface area (Å²) in [5, 5.41) is 17.2. The SMILES string of the molecule is C=C/C=N\C(=C/N)n1nc(C(=O)N[C@H](CO)C(C)(C)C)c2c1[C@@H]1C[C@@H]1CC2. The number of aliphatic hydroxyl groups excluding tert-OH is 1. The third-order valence-corrected chi connectivity index (χ3v) is 5.49. The molecule has 2 aliphatic carbocycles. The zero-order valence-corrected chi connectivity index (χ0v) is 16.3. The number of fused-ring (bicyclic) bond motifs is 3. The lowest BCUT2D eigenvalue weighted by Gasteiger charge is -2.29. The van der Waals surface area contributed by atoms with Crippen molar-refractivity contribution in [2.24, 2.45) is 22.1 Å². The second kappa shape index (κ2) is 7.31. The van der Waals surface area contributed by atoms with Gasteiger partial charge in [-0.3, -0.25) is 4.79 Å². The number of aliphatic hydroxyl groups is 1. The number of nitrogens with one attached hydrogen (secondary N) is 1. The molecule has 0 aromatic carbocycles. The maximum absolute atomic E-state index is 13.0. The van der Waals surface area contributed by atoms with Crippen molar-refractivity contribution in [1.29, 1.82) is 0 Å². The van der Waals surface area contributed by atoms with Gasteiger partial charge < -0.3 is 16.2 Å². The van der Waals surface area contributed by atoms with Gasteiger partial charge in [0.2, 0.25) is 0 Å². The Hall–Kier alpha value is -2.41. The van der Waals surface area contributed by atoms with Crippen molar-refractivity contribution < 1.29 is 9.90 Å². The molecule has 0 spiro atoms. The van der Waals surface area contributed by atoms with Crippen molar-refractivity contribution in [3.63, 3.8) is 0 Å². The number of nitrogens with two attached hydrogens (primary N) is 1. The first-order chi connectivity index (χ1) is 12.8. The van der Waals surface area contributed by atoms with E-state index in [9.17, 15) is 9.90 Å². The number of hydrogen-bond acceptors (Lipinski definition) is 5. The number of amides is 1. The van der Waals surface area contributed by atoms with E-state index in [2.05, 4.69) is 22.0 Å². The minimum absolute atomic E-state index is 0.125. The van der Waals surface area contributed by atoms with Gasteiger partial charge in [-0.1, -0.05) is 33.4 Å². The average Bonchev–Trinajstić information content (AvgIpc) is 3.32. The lowest BCUT2D eigenvalue weighted by Crippen LogP contribution is -2.46. The van der Waals surface area contributed by atoms with Gasteiger partial charge in [-0.2, -0.15) is 5.10 Å². The van der Waals surface area contributed by atoms with Gasteiger partial charge in [0.1, 0.15) is 0 Å². The predicted molar refractivity (Wildman–Crippen MR) is 106 cm³/mol. The van der Waals surface area contributed by atoms with E-state index in [1.807, 2.05) is 20.8 Å². The first-order valence-electron chi connectivity index (χ1n) is 9.42. The van der Waals surface area contributed by atoms with Crippen molar-refractivity contribution in [2.75, 3.05) is 6.61 Å². The Morgan fingerprint density at radius 3 is 2.89 bits per heavy atom. The highest BCUT2D eigenvalue weighted by molar-refractivity contribution is 5.94. The van der Waals surface area contributed by atoms with Gasteiger partial charge in [-0.05, 0) is 30.6 Å². The van der Waals surface area contributed by atoms with Gasteiger partial charge in [-0.25, -0.2) is 9.67 Å². The predicted octanol–water partition coefficient (Wildman–Crippen LogP) is 2.04. The van der Waals surface area contributed by atoms with Crippen LogP contribution in [-0.2, 0) is 6.42 Å². The zero-order valence-electron chi connectivity index (χ0n) is 16.3. The molecule has 146 valence electrons. The van der Waals surface area contributed by atoms with E-state index < -0.39 is 0 Å². The molecule has 0 saturated heterocycles. The van der Waals surface area contributed by atoms with Crippen LogP contribution in [0.4, 0.5) is 0 Å². The Labute approximate surface area is 160 Å². The minimum Gasteiger partial charge on any atom is -0.402 e. The molecule has 0 bridgehead atoms. The van der Waals surface area contributed by atoms with E-state index in [0.29, 0.717) is 23.4 Å². The fourth-order valence-corrected chi connectivity index (χ4v) is 3.74. The number of carbonyl (C=O) groups excluding carboxylic acids is 1. The molecular formula is C20H29N5O2. The molecule has 0 aliphatic heterocycles. The van der Waals surface area contributed by atoms with E-state index >= 15 is 0 Å². The third kappa shape index (κ3) is 3.69. The molecule has 1 fully saturated rings. The van der Waals surface area contributed by atoms with Crippen LogP contribution in [0.3, 0.4) is 0 Å². The van der Waals surface area contributed by atoms with Crippen LogP contribution in [0.5, 0.6) is 0 Å². The number of carbonyl (C=O) groups is 1. The molecule has 2 aliphatic rings. The molecule has 1 aromatic rings. The normalized spacial score (nSPS) is 22.9. The topological polar surface area (TPSA) is 106 Å². The van der Waals surface area contributed by atoms with Crippen LogP contribution in [0.25, 0.3) is 5.82 Å². The lowest BCUT2D eigenvalue weighted by molar-refractivity contribution is 0.0841. The summed E-state index contributed by atoms with van der Waals surface area (Å²) in [5.41, 5.74) is 7.95. The summed E-state index contributed by atoms with van der Waals surface area (Å²) >= 11 is 0. The molecular weight excluding hydrogens is 342 g/mol. The standard InChI is InChI=1S/C20H29N5O2/c1-5-8-22-16(10-21)25-18-13(7-6-12-9-14(12)18)17(24-25)19(27)23-15(11-26)20(2,3)4/h5,8,10,12,14-15,26H,1,6-7,9,11,21H2,2-4H3,(H,23,27)/b16-10+,22-8-/t12-,14+,15+/m0/s1. The van der Waals surface area contributed by atoms with Gasteiger partial charge in [0, 0.05) is 23.9 Å². The first kappa shape index (κ1) is 19.4. The van der Waals surface area contributed by atoms with Gasteiger partial charge in [0.15, 0.2) is 11.5 Å². The summed E-state index contributed by atoms with van der Waals surface area (Å²) in [6, 6.07) is -0.355. The summed E-state index contributed by atoms with van der Waals surface area (Å²) in [7, 11) is 0. The van der Waals surface area contributed by atoms with Crippen LogP contribution in [0, 0.1) is 11.3 Å². The molecule has 3 rings (SSSR count). The Morgan fingerprint density at radius 2 is 2.30 bits per heavy atom. The smallest absolute Gasteiger partial charge is 0.272 e. The number of rotatable bonds is 6. The van der Waals surface area contributed by atoms with Crippen molar-refractivity contribution >= 4 is 17.9 Å². The van der Waals surface area contributed by atoms with E-state index in [0.717, 1.165) is 30.5 Å². The molecule has 1 aromatic heterocycles. The summed E-state index contributed by atoms with van der Waals surface area (Å²) in [6.45, 7) is 9.46. The largest absolute Gasteiger partial charge is 0.402 e. The highest BCUT2D eigenvalue weighted by Gasteiger charge is 2.47. The number of nitrogens with zero attached hydrogens (tertiary/aromatic N) is 3. The van der Waals surface area contributed by atoms with Gasteiger partial charge in [-0.15, -0.1) is 0 Å². The maximum Gasteiger partial charge on any atom is 0.272 e. The van der Waals surface area contributed by atoms with Crippen LogP contribution in [0.15, 0.2) is 23.8 Å². The molecule has 4 N–H and O–H groups in total. The molecule has 7 heteroatoms. The first-order valence-corrected chi connectivity index (χ1v) is 9.42. The number of allylic oxidation sites excluding steroid dienone is 1. The number of aliphatic imine (C=N–C) groups is 1. The lowest BCUT2D eigenvalue weighted by atomic mass is 9.87. The fraction of sp³-hybridized carbons (Fsp3) is 0.550. The van der Waals surface area contributed by atoms with E-state index in [1.54, 1.807) is 17.0 Å². The van der Waals surface area contributed by atoms with Gasteiger partial charge in [0.25, 0.3) is 5.91 Å². The van der Waals surface area contributed by atoms with Crippen LogP contribution < -0.4 is 11.1 Å². The summed E-state index contributed by atoms with van der Waals surface area (Å²) in [4.78, 5) is 17.3. The Kier molecular flexibility index (Phi) is 5.24. The molecule has 3 atom stereocenters. The van der Waals surface area contributed by atoms with Crippen LogP contribution in [-0.4, -0.2) is 39.7 Å². The highest BCUT2D eigenvalue weighted by atomic mass is 16.3. The van der Waals surface area contributed by atoms with Crippen molar-refractivity contribution in [1.82, 2.24) is 15.1 Å². The molecule has 1 saturated carbocycles. The second-order valence-corrected chi connectivity index (χ2v) is 8.38. The summed E-state index contributed by atoms with van der Waals surface area (Å²) < 4.78 is 1.71. The van der Waals surface area contributed by atoms with Gasteiger partial charge >= 0.3 is 0 Å². The molecule has 0 radical (unpaired) electrons. The highest BCUT2D eigenvalue weighted by Crippen LogP contribution is 2.55. The Balaban J connectivity index is 1.99. The monoisotopic (exact) mass is 371 g/mol. The summed E-state index contributed by atoms with van der Waals surface area (Å²) in [6.07, 6.45) is 7.53. The van der Waals surface area contributed by atoms with Crippen LogP contribution in [0.1, 0.15) is 61.3 Å². The van der Waals surface area contributed by atoms with Gasteiger partial charge in [0.05, 0.1) is 18.3 Å². The van der Waals surface area contributed by atoms with E-state index in [4.69, 9.17) is 5.73 Å². The van der Waals surface area contributed by atoms with Crippen molar-refractivity contribution in [3.8, 4) is 0 Å². The Morgan fingerprint density at radius 1 is 1.56 bits per heavy atom. The number of aromatic nitrogens is 2. The quantitative estimate of drug-likeness (QED) is 0.665. The van der Waals surface area contributed by atoms with E-state index in [-0.39, 0.29) is 24.0 Å². The van der Waals surface area contributed by atoms with Crippen molar-refractivity contribution in [3.05, 3.63) is 35.8 Å². The second-order valence-electron chi connectivity index (χ2n) is 8.38. The molecule has 0 unspecified atom stereocenters. The van der Waals surface area contributed by atoms with Crippen LogP contribution in [0.2, 0.25) is 0 Å². The maximum atomic E-state index is 13.0. The molecule has 1 amide bonds. The third-order valence-electron chi connectivity index (χ3n) is 5.49. The molecule has 27 heavy (non-hydrogen) atoms. The molecule has 1 heterocycles. The minimum atomic E-state index is -0.355. The average molecular weight is 371 g/mol. The molecule has 7 nitrogen and oxygen atoms in total. The number of hydrogen-bond donors (Lipinski definition) is 3. The fourth-order valence-electron chi connectivity index (χ4n) is 3.74. The van der Waals surface area contributed by atoms with Crippen LogP contribution >= 0.6 is 0 Å². The zero-order chi connectivity index (χ0) is 19.8.